The smallest absolute Gasteiger partial charge is 0.333 e. The molecule has 0 saturated carbocycles. The second-order valence-corrected chi connectivity index (χ2v) is 5.03. The number of carboxylic acid groups (broad SMARTS) is 1. The standard InChI is InChI=1S/C8H12N2O4S/c9-3-5-15(13,14)10-4-1-2-7(6-10)8(11)12/h1-2,4H,3,5-6,9H2,(H,11,12). The molecule has 0 aromatic heterocycles. The molecule has 0 aromatic rings. The topological polar surface area (TPSA) is 101 Å². The van der Waals surface area contributed by atoms with Crippen LogP contribution in [0.2, 0.25) is 0 Å². The van der Waals surface area contributed by atoms with Crippen molar-refractivity contribution < 1.29 is 18.3 Å². The minimum absolute atomic E-state index is 0.0127. The third kappa shape index (κ3) is 2.80. The van der Waals surface area contributed by atoms with Gasteiger partial charge < -0.3 is 10.8 Å². The molecule has 3 N–H and O–H groups in total. The van der Waals surface area contributed by atoms with Crippen molar-refractivity contribution in [2.75, 3.05) is 18.8 Å². The molecular formula is C8H12N2O4S. The molecule has 0 bridgehead atoms. The first-order chi connectivity index (χ1) is 6.97. The highest BCUT2D eigenvalue weighted by Gasteiger charge is 2.22. The fourth-order valence-corrected chi connectivity index (χ4v) is 2.25. The number of carboxylic acids is 1. The third-order valence-electron chi connectivity index (χ3n) is 1.88. The summed E-state index contributed by atoms with van der Waals surface area (Å²) in [6.45, 7) is -0.132. The Morgan fingerprint density at radius 2 is 2.27 bits per heavy atom. The number of rotatable bonds is 4. The van der Waals surface area contributed by atoms with E-state index in [-0.39, 0.29) is 24.4 Å². The van der Waals surface area contributed by atoms with Gasteiger partial charge in [-0.15, -0.1) is 0 Å². The number of hydrogen-bond donors (Lipinski definition) is 2. The molecule has 0 radical (unpaired) electrons. The van der Waals surface area contributed by atoms with Crippen molar-refractivity contribution in [2.45, 2.75) is 0 Å². The summed E-state index contributed by atoms with van der Waals surface area (Å²) in [6, 6.07) is 0. The number of hydrogen-bond acceptors (Lipinski definition) is 4. The predicted molar refractivity (Wildman–Crippen MR) is 54.4 cm³/mol. The number of sulfonamides is 1. The first-order valence-corrected chi connectivity index (χ1v) is 5.88. The monoisotopic (exact) mass is 232 g/mol. The molecule has 84 valence electrons. The fourth-order valence-electron chi connectivity index (χ4n) is 1.12. The molecule has 0 fully saturated rings. The van der Waals surface area contributed by atoms with Crippen molar-refractivity contribution >= 4 is 16.0 Å². The molecular weight excluding hydrogens is 220 g/mol. The van der Waals surface area contributed by atoms with E-state index >= 15 is 0 Å². The van der Waals surface area contributed by atoms with E-state index < -0.39 is 16.0 Å². The van der Waals surface area contributed by atoms with E-state index in [1.807, 2.05) is 0 Å². The molecule has 15 heavy (non-hydrogen) atoms. The second kappa shape index (κ2) is 4.45. The van der Waals surface area contributed by atoms with E-state index in [1.54, 1.807) is 0 Å². The Balaban J connectivity index is 2.83. The Kier molecular flexibility index (Phi) is 3.48. The molecule has 0 aliphatic carbocycles. The zero-order valence-corrected chi connectivity index (χ0v) is 8.77. The van der Waals surface area contributed by atoms with Crippen LogP contribution in [-0.4, -0.2) is 42.6 Å². The van der Waals surface area contributed by atoms with Gasteiger partial charge in [0.1, 0.15) is 0 Å². The van der Waals surface area contributed by atoms with Gasteiger partial charge in [-0.25, -0.2) is 13.2 Å². The van der Waals surface area contributed by atoms with E-state index in [1.165, 1.54) is 18.4 Å². The second-order valence-electron chi connectivity index (χ2n) is 2.99. The average molecular weight is 232 g/mol. The number of nitrogens with zero attached hydrogens (tertiary/aromatic N) is 1. The van der Waals surface area contributed by atoms with Crippen LogP contribution in [0.1, 0.15) is 0 Å². The van der Waals surface area contributed by atoms with Gasteiger partial charge in [0.25, 0.3) is 0 Å². The Hall–Kier alpha value is -1.34. The summed E-state index contributed by atoms with van der Waals surface area (Å²) >= 11 is 0. The van der Waals surface area contributed by atoms with Crippen molar-refractivity contribution in [1.29, 1.82) is 0 Å². The third-order valence-corrected chi connectivity index (χ3v) is 3.60. The first-order valence-electron chi connectivity index (χ1n) is 4.27. The zero-order chi connectivity index (χ0) is 11.5. The molecule has 6 nitrogen and oxygen atoms in total. The van der Waals surface area contributed by atoms with Gasteiger partial charge in [-0.1, -0.05) is 0 Å². The fraction of sp³-hybridized carbons (Fsp3) is 0.375. The quantitative estimate of drug-likeness (QED) is 0.655. The van der Waals surface area contributed by atoms with Crippen molar-refractivity contribution in [3.05, 3.63) is 23.9 Å². The lowest BCUT2D eigenvalue weighted by Crippen LogP contribution is -2.35. The molecule has 0 spiro atoms. The maximum absolute atomic E-state index is 11.5. The highest BCUT2D eigenvalue weighted by Crippen LogP contribution is 2.12. The SMILES string of the molecule is NCCS(=O)(=O)N1C=CC=C(C(=O)O)C1. The van der Waals surface area contributed by atoms with E-state index in [4.69, 9.17) is 10.8 Å². The molecule has 1 aliphatic rings. The summed E-state index contributed by atoms with van der Waals surface area (Å²) < 4.78 is 24.0. The van der Waals surface area contributed by atoms with Gasteiger partial charge in [0.15, 0.2) is 0 Å². The van der Waals surface area contributed by atoms with Gasteiger partial charge in [0.05, 0.1) is 17.9 Å². The lowest BCUT2D eigenvalue weighted by molar-refractivity contribution is -0.132. The van der Waals surface area contributed by atoms with E-state index in [0.717, 1.165) is 4.31 Å². The Morgan fingerprint density at radius 1 is 1.60 bits per heavy atom. The Labute approximate surface area is 87.7 Å². The van der Waals surface area contributed by atoms with E-state index in [0.29, 0.717) is 0 Å². The predicted octanol–water partition coefficient (Wildman–Crippen LogP) is -0.885. The Morgan fingerprint density at radius 3 is 2.80 bits per heavy atom. The molecule has 0 unspecified atom stereocenters. The number of carbonyl (C=O) groups is 1. The summed E-state index contributed by atoms with van der Waals surface area (Å²) in [7, 11) is -3.48. The highest BCUT2D eigenvalue weighted by molar-refractivity contribution is 7.89. The van der Waals surface area contributed by atoms with Crippen molar-refractivity contribution in [2.24, 2.45) is 5.73 Å². The van der Waals surface area contributed by atoms with Gasteiger partial charge >= 0.3 is 5.97 Å². The van der Waals surface area contributed by atoms with Crippen molar-refractivity contribution in [3.8, 4) is 0 Å². The first kappa shape index (κ1) is 11.7. The maximum Gasteiger partial charge on any atom is 0.333 e. The summed E-state index contributed by atoms with van der Waals surface area (Å²) in [5, 5.41) is 8.70. The van der Waals surface area contributed by atoms with Crippen LogP contribution >= 0.6 is 0 Å². The summed E-state index contributed by atoms with van der Waals surface area (Å²) in [4.78, 5) is 10.6. The molecule has 1 heterocycles. The van der Waals surface area contributed by atoms with Crippen LogP contribution < -0.4 is 5.73 Å². The number of allylic oxidation sites excluding steroid dienone is 2. The largest absolute Gasteiger partial charge is 0.478 e. The summed E-state index contributed by atoms with van der Waals surface area (Å²) in [6.07, 6.45) is 4.09. The zero-order valence-electron chi connectivity index (χ0n) is 7.96. The van der Waals surface area contributed by atoms with Crippen LogP contribution in [0.15, 0.2) is 23.9 Å². The lowest BCUT2D eigenvalue weighted by atomic mass is 10.2. The van der Waals surface area contributed by atoms with E-state index in [9.17, 15) is 13.2 Å². The van der Waals surface area contributed by atoms with Crippen LogP contribution in [0.4, 0.5) is 0 Å². The normalized spacial score (nSPS) is 16.3. The minimum atomic E-state index is -3.48. The molecule has 0 aromatic carbocycles. The van der Waals surface area contributed by atoms with Crippen molar-refractivity contribution in [3.63, 3.8) is 0 Å². The molecule has 7 heteroatoms. The minimum Gasteiger partial charge on any atom is -0.478 e. The van der Waals surface area contributed by atoms with Crippen molar-refractivity contribution in [1.82, 2.24) is 4.31 Å². The maximum atomic E-state index is 11.5. The number of nitrogens with two attached hydrogens (primary N) is 1. The number of aliphatic carboxylic acids is 1. The van der Waals surface area contributed by atoms with Crippen LogP contribution in [0.3, 0.4) is 0 Å². The van der Waals surface area contributed by atoms with Crippen LogP contribution in [-0.2, 0) is 14.8 Å². The molecule has 1 aliphatic heterocycles. The molecule has 1 rings (SSSR count). The molecule has 0 atom stereocenters. The summed E-state index contributed by atoms with van der Waals surface area (Å²) in [5.41, 5.74) is 5.19. The van der Waals surface area contributed by atoms with Gasteiger partial charge in [0, 0.05) is 12.7 Å². The lowest BCUT2D eigenvalue weighted by Gasteiger charge is -2.22. The Bertz CT molecular complexity index is 410. The van der Waals surface area contributed by atoms with Gasteiger partial charge in [0.2, 0.25) is 10.0 Å². The average Bonchev–Trinajstić information content (AvgIpc) is 2.18. The van der Waals surface area contributed by atoms with E-state index in [2.05, 4.69) is 0 Å². The van der Waals surface area contributed by atoms with Gasteiger partial charge in [-0.3, -0.25) is 4.31 Å². The highest BCUT2D eigenvalue weighted by atomic mass is 32.2. The van der Waals surface area contributed by atoms with Crippen LogP contribution in [0.25, 0.3) is 0 Å². The van der Waals surface area contributed by atoms with Crippen LogP contribution in [0.5, 0.6) is 0 Å². The van der Waals surface area contributed by atoms with Gasteiger partial charge in [-0.05, 0) is 12.2 Å². The summed E-state index contributed by atoms with van der Waals surface area (Å²) in [5.74, 6) is -1.31. The molecule has 0 amide bonds. The molecule has 0 saturated heterocycles. The van der Waals surface area contributed by atoms with Gasteiger partial charge in [-0.2, -0.15) is 0 Å². The van der Waals surface area contributed by atoms with Crippen LogP contribution in [0, 0.1) is 0 Å².